The van der Waals surface area contributed by atoms with Gasteiger partial charge < -0.3 is 10.4 Å². The minimum atomic E-state index is 0.346. The van der Waals surface area contributed by atoms with Crippen LogP contribution >= 0.6 is 0 Å². The molecule has 18 heavy (non-hydrogen) atoms. The average Bonchev–Trinajstić information content (AvgIpc) is 3.09. The van der Waals surface area contributed by atoms with Crippen molar-refractivity contribution >= 4 is 0 Å². The Morgan fingerprint density at radius 1 is 1.17 bits per heavy atom. The first-order valence-corrected chi connectivity index (χ1v) is 7.21. The van der Waals surface area contributed by atoms with E-state index in [9.17, 15) is 0 Å². The molecule has 2 heteroatoms. The minimum absolute atomic E-state index is 0.346. The quantitative estimate of drug-likeness (QED) is 0.807. The third kappa shape index (κ3) is 2.60. The van der Waals surface area contributed by atoms with Crippen LogP contribution in [0, 0.1) is 5.41 Å². The summed E-state index contributed by atoms with van der Waals surface area (Å²) < 4.78 is 0. The molecular formula is C16H23NO. The molecule has 0 amide bonds. The molecule has 2 N–H and O–H groups in total. The highest BCUT2D eigenvalue weighted by Gasteiger charge is 2.42. The van der Waals surface area contributed by atoms with E-state index < -0.39 is 0 Å². The summed E-state index contributed by atoms with van der Waals surface area (Å²) in [4.78, 5) is 0. The van der Waals surface area contributed by atoms with Gasteiger partial charge in [-0.3, -0.25) is 0 Å². The first-order valence-electron chi connectivity index (χ1n) is 7.21. The molecule has 2 saturated carbocycles. The summed E-state index contributed by atoms with van der Waals surface area (Å²) in [5.41, 5.74) is 1.94. The van der Waals surface area contributed by atoms with Gasteiger partial charge in [-0.15, -0.1) is 0 Å². The van der Waals surface area contributed by atoms with Crippen molar-refractivity contribution < 1.29 is 5.11 Å². The Morgan fingerprint density at radius 2 is 1.89 bits per heavy atom. The SMILES string of the molecule is OCCC1(CNC2CC(c3ccccc3)C2)CC1. The van der Waals surface area contributed by atoms with Crippen molar-refractivity contribution in [3.05, 3.63) is 35.9 Å². The Labute approximate surface area is 109 Å². The van der Waals surface area contributed by atoms with Gasteiger partial charge in [-0.25, -0.2) is 0 Å². The fraction of sp³-hybridized carbons (Fsp3) is 0.625. The number of aliphatic hydroxyl groups excluding tert-OH is 1. The zero-order chi connectivity index (χ0) is 12.4. The standard InChI is InChI=1S/C16H23NO/c18-9-8-16(6-7-16)12-17-15-10-14(11-15)13-4-2-1-3-5-13/h1-5,14-15,17-18H,6-12H2. The Balaban J connectivity index is 1.41. The van der Waals surface area contributed by atoms with E-state index >= 15 is 0 Å². The zero-order valence-corrected chi connectivity index (χ0v) is 10.9. The molecule has 0 unspecified atom stereocenters. The van der Waals surface area contributed by atoms with E-state index in [1.54, 1.807) is 0 Å². The second-order valence-electron chi connectivity index (χ2n) is 6.13. The maximum absolute atomic E-state index is 9.04. The van der Waals surface area contributed by atoms with Crippen molar-refractivity contribution in [1.29, 1.82) is 0 Å². The van der Waals surface area contributed by atoms with E-state index in [1.165, 1.54) is 31.2 Å². The van der Waals surface area contributed by atoms with Crippen molar-refractivity contribution in [3.63, 3.8) is 0 Å². The molecule has 0 heterocycles. The molecular weight excluding hydrogens is 222 g/mol. The number of nitrogens with one attached hydrogen (secondary N) is 1. The van der Waals surface area contributed by atoms with Crippen molar-refractivity contribution in [1.82, 2.24) is 5.32 Å². The number of benzene rings is 1. The predicted octanol–water partition coefficient (Wildman–Crippen LogP) is 2.68. The lowest BCUT2D eigenvalue weighted by molar-refractivity contribution is 0.224. The Bertz CT molecular complexity index is 379. The van der Waals surface area contributed by atoms with Crippen LogP contribution in [-0.2, 0) is 0 Å². The summed E-state index contributed by atoms with van der Waals surface area (Å²) in [5.74, 6) is 0.761. The lowest BCUT2D eigenvalue weighted by Crippen LogP contribution is -2.42. The Hall–Kier alpha value is -0.860. The van der Waals surface area contributed by atoms with Gasteiger partial charge in [0.1, 0.15) is 0 Å². The topological polar surface area (TPSA) is 32.3 Å². The maximum atomic E-state index is 9.04. The van der Waals surface area contributed by atoms with E-state index in [1.807, 2.05) is 0 Å². The predicted molar refractivity (Wildman–Crippen MR) is 73.6 cm³/mol. The monoisotopic (exact) mass is 245 g/mol. The van der Waals surface area contributed by atoms with Gasteiger partial charge in [0.05, 0.1) is 0 Å². The highest BCUT2D eigenvalue weighted by atomic mass is 16.3. The summed E-state index contributed by atoms with van der Waals surface area (Å²) in [5, 5.41) is 12.7. The second-order valence-corrected chi connectivity index (χ2v) is 6.13. The van der Waals surface area contributed by atoms with E-state index in [0.717, 1.165) is 18.9 Å². The fourth-order valence-electron chi connectivity index (χ4n) is 3.07. The molecule has 0 aromatic heterocycles. The molecule has 0 spiro atoms. The minimum Gasteiger partial charge on any atom is -0.396 e. The van der Waals surface area contributed by atoms with Crippen LogP contribution in [0.2, 0.25) is 0 Å². The van der Waals surface area contributed by atoms with Crippen molar-refractivity contribution in [2.24, 2.45) is 5.41 Å². The summed E-state index contributed by atoms with van der Waals surface area (Å²) in [6, 6.07) is 11.5. The van der Waals surface area contributed by atoms with Gasteiger partial charge in [0.25, 0.3) is 0 Å². The van der Waals surface area contributed by atoms with Gasteiger partial charge in [0.2, 0.25) is 0 Å². The first-order chi connectivity index (χ1) is 8.81. The van der Waals surface area contributed by atoms with Crippen LogP contribution in [0.4, 0.5) is 0 Å². The van der Waals surface area contributed by atoms with Gasteiger partial charge in [-0.1, -0.05) is 30.3 Å². The van der Waals surface area contributed by atoms with Crippen LogP contribution in [-0.4, -0.2) is 24.3 Å². The van der Waals surface area contributed by atoms with Crippen molar-refractivity contribution in [3.8, 4) is 0 Å². The first kappa shape index (κ1) is 12.2. The van der Waals surface area contributed by atoms with Crippen LogP contribution in [0.3, 0.4) is 0 Å². The maximum Gasteiger partial charge on any atom is 0.0436 e. The Kier molecular flexibility index (Phi) is 3.40. The number of hydrogen-bond donors (Lipinski definition) is 2. The van der Waals surface area contributed by atoms with Crippen LogP contribution in [0.1, 0.15) is 43.6 Å². The summed E-state index contributed by atoms with van der Waals surface area (Å²) in [6.45, 7) is 1.46. The normalized spacial score (nSPS) is 28.7. The van der Waals surface area contributed by atoms with Crippen molar-refractivity contribution in [2.45, 2.75) is 44.1 Å². The molecule has 2 aliphatic rings. The van der Waals surface area contributed by atoms with Gasteiger partial charge in [-0.2, -0.15) is 0 Å². The molecule has 0 atom stereocenters. The molecule has 98 valence electrons. The lowest BCUT2D eigenvalue weighted by atomic mass is 9.75. The molecule has 1 aromatic carbocycles. The van der Waals surface area contributed by atoms with Gasteiger partial charge >= 0.3 is 0 Å². The smallest absolute Gasteiger partial charge is 0.0436 e. The van der Waals surface area contributed by atoms with E-state index in [4.69, 9.17) is 5.11 Å². The molecule has 2 fully saturated rings. The van der Waals surface area contributed by atoms with Crippen LogP contribution in [0.5, 0.6) is 0 Å². The molecule has 0 saturated heterocycles. The highest BCUT2D eigenvalue weighted by Crippen LogP contribution is 2.48. The molecule has 0 bridgehead atoms. The Morgan fingerprint density at radius 3 is 2.50 bits per heavy atom. The van der Waals surface area contributed by atoms with Crippen molar-refractivity contribution in [2.75, 3.05) is 13.2 Å². The number of hydrogen-bond acceptors (Lipinski definition) is 2. The molecule has 0 radical (unpaired) electrons. The summed E-state index contributed by atoms with van der Waals surface area (Å²) in [6.07, 6.45) is 6.14. The van der Waals surface area contributed by atoms with Crippen LogP contribution < -0.4 is 5.32 Å². The van der Waals surface area contributed by atoms with Gasteiger partial charge in [0, 0.05) is 19.2 Å². The molecule has 3 rings (SSSR count). The fourth-order valence-corrected chi connectivity index (χ4v) is 3.07. The molecule has 1 aromatic rings. The third-order valence-corrected chi connectivity index (χ3v) is 4.77. The zero-order valence-electron chi connectivity index (χ0n) is 10.9. The average molecular weight is 245 g/mol. The molecule has 2 nitrogen and oxygen atoms in total. The third-order valence-electron chi connectivity index (χ3n) is 4.77. The highest BCUT2D eigenvalue weighted by molar-refractivity contribution is 5.22. The van der Waals surface area contributed by atoms with Gasteiger partial charge in [0.15, 0.2) is 0 Å². The number of aliphatic hydroxyl groups is 1. The lowest BCUT2D eigenvalue weighted by Gasteiger charge is -2.37. The second kappa shape index (κ2) is 5.02. The summed E-state index contributed by atoms with van der Waals surface area (Å²) in [7, 11) is 0. The van der Waals surface area contributed by atoms with Gasteiger partial charge in [-0.05, 0) is 49.0 Å². The largest absolute Gasteiger partial charge is 0.396 e. The van der Waals surface area contributed by atoms with Crippen LogP contribution in [0.15, 0.2) is 30.3 Å². The van der Waals surface area contributed by atoms with Crippen LogP contribution in [0.25, 0.3) is 0 Å². The molecule has 0 aliphatic heterocycles. The van der Waals surface area contributed by atoms with E-state index in [0.29, 0.717) is 18.1 Å². The summed E-state index contributed by atoms with van der Waals surface area (Å²) >= 11 is 0. The van der Waals surface area contributed by atoms with E-state index in [-0.39, 0.29) is 0 Å². The van der Waals surface area contributed by atoms with E-state index in [2.05, 4.69) is 35.6 Å². The molecule has 2 aliphatic carbocycles. The number of rotatable bonds is 6.